The third-order valence-electron chi connectivity index (χ3n) is 2.19. The summed E-state index contributed by atoms with van der Waals surface area (Å²) in [5, 5.41) is 4.27. The number of hydrogen-bond donors (Lipinski definition) is 0. The zero-order chi connectivity index (χ0) is 9.26. The summed E-state index contributed by atoms with van der Waals surface area (Å²) in [7, 11) is 1.83. The van der Waals surface area contributed by atoms with Gasteiger partial charge in [-0.05, 0) is 24.7 Å². The Morgan fingerprint density at radius 1 is 1.77 bits per heavy atom. The van der Waals surface area contributed by atoms with Gasteiger partial charge in [0.2, 0.25) is 0 Å². The number of aromatic nitrogens is 2. The molecule has 0 spiro atoms. The van der Waals surface area contributed by atoms with Crippen molar-refractivity contribution in [2.75, 3.05) is 5.75 Å². The molecule has 13 heavy (non-hydrogen) atoms. The zero-order valence-corrected chi connectivity index (χ0v) is 8.38. The van der Waals surface area contributed by atoms with Crippen LogP contribution in [0.2, 0.25) is 0 Å². The van der Waals surface area contributed by atoms with Crippen LogP contribution in [0.1, 0.15) is 23.3 Å². The van der Waals surface area contributed by atoms with E-state index in [1.807, 2.05) is 13.2 Å². The fourth-order valence-corrected chi connectivity index (χ4v) is 2.72. The van der Waals surface area contributed by atoms with Gasteiger partial charge in [0.25, 0.3) is 0 Å². The van der Waals surface area contributed by atoms with Crippen molar-refractivity contribution in [1.82, 2.24) is 9.78 Å². The second-order valence-corrected chi connectivity index (χ2v) is 4.55. The van der Waals surface area contributed by atoms with E-state index >= 15 is 0 Å². The highest BCUT2D eigenvalue weighted by atomic mass is 32.2. The maximum Gasteiger partial charge on any atom is 0.195 e. The molecule has 0 N–H and O–H groups in total. The Hall–Kier alpha value is -0.770. The van der Waals surface area contributed by atoms with Gasteiger partial charge < -0.3 is 0 Å². The molecule has 1 aliphatic rings. The van der Waals surface area contributed by atoms with Crippen molar-refractivity contribution in [3.63, 3.8) is 0 Å². The monoisotopic (exact) mass is 196 g/mol. The number of rotatable bonds is 2. The van der Waals surface area contributed by atoms with E-state index in [4.69, 9.17) is 0 Å². The molecular weight excluding hydrogens is 184 g/mol. The average molecular weight is 196 g/mol. The molecular formula is C9H12N2OS. The van der Waals surface area contributed by atoms with Gasteiger partial charge in [-0.2, -0.15) is 16.9 Å². The van der Waals surface area contributed by atoms with Crippen molar-refractivity contribution in [2.45, 2.75) is 18.1 Å². The maximum absolute atomic E-state index is 11.8. The van der Waals surface area contributed by atoms with Crippen molar-refractivity contribution in [3.05, 3.63) is 18.0 Å². The third-order valence-corrected chi connectivity index (χ3v) is 3.56. The Kier molecular flexibility index (Phi) is 2.40. The van der Waals surface area contributed by atoms with Crippen molar-refractivity contribution in [3.8, 4) is 0 Å². The van der Waals surface area contributed by atoms with Crippen LogP contribution in [0.3, 0.4) is 0 Å². The van der Waals surface area contributed by atoms with E-state index in [1.165, 1.54) is 0 Å². The minimum atomic E-state index is 0.162. The molecule has 1 aromatic rings. The molecule has 2 heterocycles. The Labute approximate surface area is 81.5 Å². The summed E-state index contributed by atoms with van der Waals surface area (Å²) in [5.41, 5.74) is 0.613. The Bertz CT molecular complexity index is 315. The minimum Gasteiger partial charge on any atom is -0.291 e. The van der Waals surface area contributed by atoms with E-state index in [9.17, 15) is 4.79 Å². The quantitative estimate of drug-likeness (QED) is 0.672. The normalized spacial score (nSPS) is 22.1. The number of carbonyl (C=O) groups excluding carboxylic acids is 1. The Morgan fingerprint density at radius 2 is 2.62 bits per heavy atom. The van der Waals surface area contributed by atoms with Gasteiger partial charge in [-0.25, -0.2) is 0 Å². The summed E-state index contributed by atoms with van der Waals surface area (Å²) in [5.74, 6) is 1.31. The molecule has 1 saturated heterocycles. The maximum atomic E-state index is 11.8. The first kappa shape index (κ1) is 8.81. The first-order valence-electron chi connectivity index (χ1n) is 4.43. The molecule has 1 unspecified atom stereocenters. The fraction of sp³-hybridized carbons (Fsp3) is 0.556. The molecule has 1 aliphatic heterocycles. The van der Waals surface area contributed by atoms with Crippen LogP contribution in [0.15, 0.2) is 12.3 Å². The third kappa shape index (κ3) is 1.77. The molecule has 0 aliphatic carbocycles. The minimum absolute atomic E-state index is 0.162. The molecule has 2 rings (SSSR count). The SMILES string of the molecule is Cn1ccc(C(=O)C2CCCS2)n1. The van der Waals surface area contributed by atoms with Crippen molar-refractivity contribution >= 4 is 17.5 Å². The van der Waals surface area contributed by atoms with Crippen LogP contribution in [0.4, 0.5) is 0 Å². The number of Topliss-reactive ketones (excluding diaryl/α,β-unsaturated/α-hetero) is 1. The molecule has 1 fully saturated rings. The van der Waals surface area contributed by atoms with Crippen LogP contribution in [-0.4, -0.2) is 26.6 Å². The average Bonchev–Trinajstić information content (AvgIpc) is 2.72. The molecule has 1 atom stereocenters. The second kappa shape index (κ2) is 3.54. The second-order valence-electron chi connectivity index (χ2n) is 3.24. The molecule has 0 saturated carbocycles. The van der Waals surface area contributed by atoms with E-state index < -0.39 is 0 Å². The summed E-state index contributed by atoms with van der Waals surface area (Å²) >= 11 is 1.76. The fourth-order valence-electron chi connectivity index (χ4n) is 1.50. The van der Waals surface area contributed by atoms with Crippen molar-refractivity contribution < 1.29 is 4.79 Å². The van der Waals surface area contributed by atoms with Gasteiger partial charge in [0.15, 0.2) is 5.78 Å². The predicted molar refractivity (Wildman–Crippen MR) is 53.0 cm³/mol. The highest BCUT2D eigenvalue weighted by molar-refractivity contribution is 8.00. The van der Waals surface area contributed by atoms with Crippen LogP contribution in [0.5, 0.6) is 0 Å². The zero-order valence-electron chi connectivity index (χ0n) is 7.56. The molecule has 4 heteroatoms. The largest absolute Gasteiger partial charge is 0.291 e. The molecule has 0 radical (unpaired) electrons. The molecule has 70 valence electrons. The van der Waals surface area contributed by atoms with Crippen LogP contribution in [0.25, 0.3) is 0 Å². The molecule has 0 aromatic carbocycles. The van der Waals surface area contributed by atoms with Crippen molar-refractivity contribution in [1.29, 1.82) is 0 Å². The Morgan fingerprint density at radius 3 is 3.15 bits per heavy atom. The number of carbonyl (C=O) groups is 1. The van der Waals surface area contributed by atoms with Gasteiger partial charge in [0.1, 0.15) is 5.69 Å². The van der Waals surface area contributed by atoms with E-state index in [-0.39, 0.29) is 11.0 Å². The standard InChI is InChI=1S/C9H12N2OS/c1-11-5-4-7(10-11)9(12)8-3-2-6-13-8/h4-5,8H,2-3,6H2,1H3. The van der Waals surface area contributed by atoms with Crippen LogP contribution < -0.4 is 0 Å². The summed E-state index contributed by atoms with van der Waals surface area (Å²) in [6, 6.07) is 1.79. The van der Waals surface area contributed by atoms with Crippen molar-refractivity contribution in [2.24, 2.45) is 7.05 Å². The highest BCUT2D eigenvalue weighted by Gasteiger charge is 2.25. The summed E-state index contributed by atoms with van der Waals surface area (Å²) in [4.78, 5) is 11.8. The molecule has 1 aromatic heterocycles. The number of hydrogen-bond acceptors (Lipinski definition) is 3. The summed E-state index contributed by atoms with van der Waals surface area (Å²) < 4.78 is 1.67. The smallest absolute Gasteiger partial charge is 0.195 e. The van der Waals surface area contributed by atoms with E-state index in [0.29, 0.717) is 5.69 Å². The van der Waals surface area contributed by atoms with Crippen LogP contribution in [0, 0.1) is 0 Å². The predicted octanol–water partition coefficient (Wildman–Crippen LogP) is 1.50. The first-order chi connectivity index (χ1) is 6.27. The van der Waals surface area contributed by atoms with Gasteiger partial charge >= 0.3 is 0 Å². The lowest BCUT2D eigenvalue weighted by molar-refractivity contribution is 0.0983. The van der Waals surface area contributed by atoms with Gasteiger partial charge in [-0.1, -0.05) is 0 Å². The summed E-state index contributed by atoms with van der Waals surface area (Å²) in [6.45, 7) is 0. The molecule has 0 amide bonds. The van der Waals surface area contributed by atoms with E-state index in [2.05, 4.69) is 5.10 Å². The van der Waals surface area contributed by atoms with E-state index in [1.54, 1.807) is 22.5 Å². The highest BCUT2D eigenvalue weighted by Crippen LogP contribution is 2.28. The number of thioether (sulfide) groups is 1. The van der Waals surface area contributed by atoms with Crippen LogP contribution >= 0.6 is 11.8 Å². The molecule has 3 nitrogen and oxygen atoms in total. The van der Waals surface area contributed by atoms with Crippen LogP contribution in [-0.2, 0) is 7.05 Å². The lowest BCUT2D eigenvalue weighted by Crippen LogP contribution is -2.14. The summed E-state index contributed by atoms with van der Waals surface area (Å²) in [6.07, 6.45) is 3.99. The number of aryl methyl sites for hydroxylation is 1. The molecule has 0 bridgehead atoms. The van der Waals surface area contributed by atoms with E-state index in [0.717, 1.165) is 18.6 Å². The van der Waals surface area contributed by atoms with Gasteiger partial charge in [0.05, 0.1) is 5.25 Å². The number of ketones is 1. The Balaban J connectivity index is 2.12. The lowest BCUT2D eigenvalue weighted by Gasteiger charge is -2.03. The first-order valence-corrected chi connectivity index (χ1v) is 5.48. The van der Waals surface area contributed by atoms with Gasteiger partial charge in [-0.15, -0.1) is 0 Å². The number of nitrogens with zero attached hydrogens (tertiary/aromatic N) is 2. The lowest BCUT2D eigenvalue weighted by atomic mass is 10.1. The topological polar surface area (TPSA) is 34.9 Å². The van der Waals surface area contributed by atoms with Gasteiger partial charge in [-0.3, -0.25) is 9.48 Å². The van der Waals surface area contributed by atoms with Gasteiger partial charge in [0, 0.05) is 13.2 Å².